The molecule has 1 aliphatic carbocycles. The van der Waals surface area contributed by atoms with Crippen LogP contribution >= 0.6 is 0 Å². The largest absolute Gasteiger partial charge is 0.416 e. The minimum atomic E-state index is -4.70. The second-order valence-corrected chi connectivity index (χ2v) is 9.39. The molecule has 1 aliphatic rings. The number of H-pyrrole nitrogens is 1. The van der Waals surface area contributed by atoms with Gasteiger partial charge in [0, 0.05) is 30.5 Å². The Balaban J connectivity index is 1.59. The van der Waals surface area contributed by atoms with E-state index in [0.29, 0.717) is 11.6 Å². The molecular formula is C24H24F4N6O3. The summed E-state index contributed by atoms with van der Waals surface area (Å²) in [6.45, 7) is 3.83. The Bertz CT molecular complexity index is 1320. The predicted octanol–water partition coefficient (Wildman–Crippen LogP) is 3.85. The Morgan fingerprint density at radius 1 is 1.14 bits per heavy atom. The maximum atomic E-state index is 14.6. The van der Waals surface area contributed by atoms with E-state index < -0.39 is 40.4 Å². The van der Waals surface area contributed by atoms with E-state index in [1.807, 2.05) is 0 Å². The van der Waals surface area contributed by atoms with Crippen molar-refractivity contribution in [1.82, 2.24) is 25.9 Å². The minimum Gasteiger partial charge on any atom is -0.377 e. The number of halogens is 4. The van der Waals surface area contributed by atoms with Crippen LogP contribution in [0.2, 0.25) is 0 Å². The average Bonchev–Trinajstić information content (AvgIpc) is 3.47. The molecule has 196 valence electrons. The van der Waals surface area contributed by atoms with Gasteiger partial charge >= 0.3 is 6.18 Å². The highest BCUT2D eigenvalue weighted by molar-refractivity contribution is 6.04. The number of rotatable bonds is 8. The molecular weight excluding hydrogens is 496 g/mol. The second-order valence-electron chi connectivity index (χ2n) is 9.39. The molecule has 3 N–H and O–H groups in total. The first-order valence-corrected chi connectivity index (χ1v) is 11.3. The summed E-state index contributed by atoms with van der Waals surface area (Å²) in [6.07, 6.45) is -4.15. The summed E-state index contributed by atoms with van der Waals surface area (Å²) < 4.78 is 58.7. The molecule has 2 amide bonds. The van der Waals surface area contributed by atoms with E-state index in [1.54, 1.807) is 13.8 Å². The molecule has 0 aliphatic heterocycles. The smallest absolute Gasteiger partial charge is 0.377 e. The number of hydrogen-bond acceptors (Lipinski definition) is 6. The molecule has 1 fully saturated rings. The van der Waals surface area contributed by atoms with E-state index in [2.05, 4.69) is 31.3 Å². The van der Waals surface area contributed by atoms with Gasteiger partial charge in [-0.3, -0.25) is 9.59 Å². The highest BCUT2D eigenvalue weighted by atomic mass is 19.4. The zero-order chi connectivity index (χ0) is 27.0. The van der Waals surface area contributed by atoms with Crippen LogP contribution < -0.4 is 10.6 Å². The number of hydrogen-bond donors (Lipinski definition) is 3. The number of anilines is 1. The van der Waals surface area contributed by atoms with Gasteiger partial charge in [-0.05, 0) is 67.4 Å². The van der Waals surface area contributed by atoms with Gasteiger partial charge in [-0.2, -0.15) is 13.2 Å². The van der Waals surface area contributed by atoms with Crippen molar-refractivity contribution in [2.45, 2.75) is 43.9 Å². The van der Waals surface area contributed by atoms with Crippen LogP contribution in [0, 0.1) is 5.82 Å². The number of carbonyl (C=O) groups excluding carboxylic acids is 2. The van der Waals surface area contributed by atoms with Crippen LogP contribution in [-0.4, -0.2) is 51.7 Å². The summed E-state index contributed by atoms with van der Waals surface area (Å²) in [7, 11) is 1.53. The minimum absolute atomic E-state index is 0.102. The van der Waals surface area contributed by atoms with Gasteiger partial charge in [-0.25, -0.2) is 9.49 Å². The molecule has 0 radical (unpaired) electrons. The molecule has 2 aromatic carbocycles. The zero-order valence-electron chi connectivity index (χ0n) is 20.2. The normalized spacial score (nSPS) is 14.8. The summed E-state index contributed by atoms with van der Waals surface area (Å²) >= 11 is 0. The van der Waals surface area contributed by atoms with Crippen molar-refractivity contribution in [2.24, 2.45) is 0 Å². The van der Waals surface area contributed by atoms with Gasteiger partial charge in [0.15, 0.2) is 5.82 Å². The van der Waals surface area contributed by atoms with Gasteiger partial charge in [0.05, 0.1) is 22.1 Å². The summed E-state index contributed by atoms with van der Waals surface area (Å²) in [5, 5.41) is 18.9. The summed E-state index contributed by atoms with van der Waals surface area (Å²) in [5.74, 6) is -1.93. The van der Waals surface area contributed by atoms with Crippen molar-refractivity contribution < 1.29 is 31.9 Å². The molecule has 0 spiro atoms. The summed E-state index contributed by atoms with van der Waals surface area (Å²) in [4.78, 5) is 26.0. The Hall–Kier alpha value is -3.87. The molecule has 0 bridgehead atoms. The third-order valence-corrected chi connectivity index (χ3v) is 6.35. The van der Waals surface area contributed by atoms with E-state index in [0.717, 1.165) is 12.1 Å². The standard InChI is InChI=1S/C24H24F4N6O3/c1-22(2,37-3)12-29-20(35)15-6-5-14(11-16(15)19-31-33-34-32-19)30-21(36)23(8-9-23)17-7-4-13(10-18(17)25)24(26,27)28/h4-7,10-11H,8-9,12H2,1-3H3,(H,29,35)(H,30,36)(H,31,32,33,34). The van der Waals surface area contributed by atoms with E-state index >= 15 is 0 Å². The number of nitrogens with one attached hydrogen (secondary N) is 3. The molecule has 1 saturated carbocycles. The molecule has 13 heteroatoms. The number of alkyl halides is 3. The summed E-state index contributed by atoms with van der Waals surface area (Å²) in [5.41, 5.74) is -2.34. The quantitative estimate of drug-likeness (QED) is 0.388. The Kier molecular flexibility index (Phi) is 6.76. The third-order valence-electron chi connectivity index (χ3n) is 6.35. The van der Waals surface area contributed by atoms with Crippen molar-refractivity contribution in [1.29, 1.82) is 0 Å². The number of aromatic amines is 1. The Morgan fingerprint density at radius 3 is 2.43 bits per heavy atom. The molecule has 0 unspecified atom stereocenters. The molecule has 37 heavy (non-hydrogen) atoms. The number of amides is 2. The van der Waals surface area contributed by atoms with Crippen molar-refractivity contribution in [3.05, 3.63) is 58.9 Å². The average molecular weight is 520 g/mol. The maximum absolute atomic E-state index is 14.6. The fourth-order valence-electron chi connectivity index (χ4n) is 3.82. The number of nitrogens with zero attached hydrogens (tertiary/aromatic N) is 3. The van der Waals surface area contributed by atoms with Gasteiger partial charge < -0.3 is 15.4 Å². The number of benzene rings is 2. The molecule has 0 atom stereocenters. The Morgan fingerprint density at radius 2 is 1.86 bits per heavy atom. The SMILES string of the molecule is COC(C)(C)CNC(=O)c1ccc(NC(=O)C2(c3ccc(C(F)(F)F)cc3F)CC2)cc1-c1nnn[nH]1. The molecule has 3 aromatic rings. The van der Waals surface area contributed by atoms with E-state index in [1.165, 1.54) is 25.3 Å². The first-order chi connectivity index (χ1) is 17.4. The zero-order valence-corrected chi connectivity index (χ0v) is 20.2. The number of tetrazole rings is 1. The van der Waals surface area contributed by atoms with Crippen molar-refractivity contribution in [2.75, 3.05) is 19.0 Å². The van der Waals surface area contributed by atoms with Gasteiger partial charge in [-0.1, -0.05) is 6.07 Å². The molecule has 1 aromatic heterocycles. The lowest BCUT2D eigenvalue weighted by Gasteiger charge is -2.23. The monoisotopic (exact) mass is 520 g/mol. The lowest BCUT2D eigenvalue weighted by atomic mass is 9.93. The van der Waals surface area contributed by atoms with Gasteiger partial charge in [-0.15, -0.1) is 5.10 Å². The van der Waals surface area contributed by atoms with E-state index in [-0.39, 0.29) is 42.0 Å². The first kappa shape index (κ1) is 26.2. The van der Waals surface area contributed by atoms with Crippen molar-refractivity contribution >= 4 is 17.5 Å². The second kappa shape index (κ2) is 9.54. The van der Waals surface area contributed by atoms with Crippen LogP contribution in [0.4, 0.5) is 23.2 Å². The third kappa shape index (κ3) is 5.45. The first-order valence-electron chi connectivity index (χ1n) is 11.3. The topological polar surface area (TPSA) is 122 Å². The highest BCUT2D eigenvalue weighted by Crippen LogP contribution is 2.50. The van der Waals surface area contributed by atoms with Crippen molar-refractivity contribution in [3.63, 3.8) is 0 Å². The van der Waals surface area contributed by atoms with Gasteiger partial charge in [0.25, 0.3) is 5.91 Å². The maximum Gasteiger partial charge on any atom is 0.416 e. The van der Waals surface area contributed by atoms with Crippen LogP contribution in [0.25, 0.3) is 11.4 Å². The fourth-order valence-corrected chi connectivity index (χ4v) is 3.82. The van der Waals surface area contributed by atoms with Crippen LogP contribution in [-0.2, 0) is 21.1 Å². The lowest BCUT2D eigenvalue weighted by molar-refractivity contribution is -0.137. The predicted molar refractivity (Wildman–Crippen MR) is 124 cm³/mol. The number of methoxy groups -OCH3 is 1. The van der Waals surface area contributed by atoms with Crippen molar-refractivity contribution in [3.8, 4) is 11.4 Å². The lowest BCUT2D eigenvalue weighted by Crippen LogP contribution is -2.39. The summed E-state index contributed by atoms with van der Waals surface area (Å²) in [6, 6.07) is 6.61. The number of carbonyl (C=O) groups is 2. The molecule has 0 saturated heterocycles. The van der Waals surface area contributed by atoms with Crippen LogP contribution in [0.1, 0.15) is 48.2 Å². The van der Waals surface area contributed by atoms with E-state index in [9.17, 15) is 27.2 Å². The Labute approximate surface area is 209 Å². The molecule has 1 heterocycles. The number of ether oxygens (including phenoxy) is 1. The highest BCUT2D eigenvalue weighted by Gasteiger charge is 2.53. The molecule has 4 rings (SSSR count). The number of aromatic nitrogens is 4. The molecule has 9 nitrogen and oxygen atoms in total. The van der Waals surface area contributed by atoms with Gasteiger partial charge in [0.1, 0.15) is 5.82 Å². The van der Waals surface area contributed by atoms with Crippen LogP contribution in [0.3, 0.4) is 0 Å². The van der Waals surface area contributed by atoms with E-state index in [4.69, 9.17) is 4.74 Å². The van der Waals surface area contributed by atoms with Gasteiger partial charge in [0.2, 0.25) is 5.91 Å². The van der Waals surface area contributed by atoms with Crippen LogP contribution in [0.5, 0.6) is 0 Å². The fraction of sp³-hybridized carbons (Fsp3) is 0.375. The van der Waals surface area contributed by atoms with Crippen LogP contribution in [0.15, 0.2) is 36.4 Å².